The van der Waals surface area contributed by atoms with Crippen molar-refractivity contribution in [3.05, 3.63) is 151 Å². The summed E-state index contributed by atoms with van der Waals surface area (Å²) in [6.07, 6.45) is 7.96. The molecule has 0 N–H and O–H groups in total. The molecule has 2 aliphatic carbocycles. The normalized spacial score (nSPS) is 20.4. The number of benzene rings is 6. The quantitative estimate of drug-likeness (QED) is 0.162. The fourth-order valence-electron chi connectivity index (χ4n) is 10.3. The standard InChI is InChI=1S/C52H44N4S/c1-3-34-26-36-25-33(2)29-52(30-34,31-36)43-22-20-40(21-23-43)50-54-49(55-51(56-50)42-12-7-11-41(28-42)37-9-5-4-6-10-37)39-18-16-38(17-19-39)44-13-8-14-45-46-27-35(32-53)15-24-47(46)57-48(44)45/h4-24,27-28,33-34,36H,3,25-26,29-31H2,1-2H3/t33-,34+,36-,52?/m0/s1. The minimum atomic E-state index is 0.272. The maximum absolute atomic E-state index is 9.53. The van der Waals surface area contributed by atoms with E-state index in [1.807, 2.05) is 18.2 Å². The molecular weight excluding hydrogens is 713 g/mol. The van der Waals surface area contributed by atoms with Crippen LogP contribution in [0.15, 0.2) is 140 Å². The number of hydrogen-bond donors (Lipinski definition) is 0. The minimum absolute atomic E-state index is 0.272. The molecule has 0 spiro atoms. The molecule has 6 aromatic carbocycles. The van der Waals surface area contributed by atoms with Crippen LogP contribution >= 0.6 is 11.3 Å². The number of thiophene rings is 1. The van der Waals surface area contributed by atoms with Crippen molar-refractivity contribution in [2.24, 2.45) is 17.8 Å². The monoisotopic (exact) mass is 756 g/mol. The van der Waals surface area contributed by atoms with E-state index in [1.54, 1.807) is 11.3 Å². The molecule has 57 heavy (non-hydrogen) atoms. The second kappa shape index (κ2) is 14.5. The second-order valence-corrected chi connectivity index (χ2v) is 17.7. The first-order valence-electron chi connectivity index (χ1n) is 20.4. The van der Waals surface area contributed by atoms with E-state index >= 15 is 0 Å². The van der Waals surface area contributed by atoms with Crippen LogP contribution < -0.4 is 0 Å². The van der Waals surface area contributed by atoms with Crippen LogP contribution in [0.5, 0.6) is 0 Å². The molecule has 0 aliphatic heterocycles. The van der Waals surface area contributed by atoms with Gasteiger partial charge in [0.1, 0.15) is 0 Å². The zero-order chi connectivity index (χ0) is 38.5. The molecule has 5 heteroatoms. The van der Waals surface area contributed by atoms with Gasteiger partial charge in [0, 0.05) is 36.9 Å². The molecule has 2 heterocycles. The number of hydrogen-bond acceptors (Lipinski definition) is 5. The summed E-state index contributed by atoms with van der Waals surface area (Å²) in [7, 11) is 0. The molecule has 2 bridgehead atoms. The predicted octanol–water partition coefficient (Wildman–Crippen LogP) is 13.9. The fourth-order valence-corrected chi connectivity index (χ4v) is 11.5. The van der Waals surface area contributed by atoms with Gasteiger partial charge in [0.25, 0.3) is 0 Å². The molecule has 0 radical (unpaired) electrons. The van der Waals surface area contributed by atoms with E-state index in [4.69, 9.17) is 15.0 Å². The van der Waals surface area contributed by atoms with Crippen molar-refractivity contribution in [1.82, 2.24) is 15.0 Å². The molecule has 10 rings (SSSR count). The molecule has 2 saturated carbocycles. The third-order valence-corrected chi connectivity index (χ3v) is 14.0. The average Bonchev–Trinajstić information content (AvgIpc) is 3.64. The summed E-state index contributed by atoms with van der Waals surface area (Å²) in [6.45, 7) is 4.84. The first-order valence-corrected chi connectivity index (χ1v) is 21.3. The van der Waals surface area contributed by atoms with Gasteiger partial charge in [-0.3, -0.25) is 0 Å². The Morgan fingerprint density at radius 1 is 0.614 bits per heavy atom. The molecule has 2 fully saturated rings. The third kappa shape index (κ3) is 6.62. The Hall–Kier alpha value is -5.96. The van der Waals surface area contributed by atoms with Crippen LogP contribution in [0.25, 0.3) is 76.6 Å². The van der Waals surface area contributed by atoms with Crippen LogP contribution in [0.3, 0.4) is 0 Å². The molecule has 2 aromatic heterocycles. The molecule has 4 atom stereocenters. The number of rotatable bonds is 7. The average molecular weight is 757 g/mol. The summed E-state index contributed by atoms with van der Waals surface area (Å²) in [6, 6.07) is 51.6. The van der Waals surface area contributed by atoms with Gasteiger partial charge in [0.15, 0.2) is 17.5 Å². The summed E-state index contributed by atoms with van der Waals surface area (Å²) in [5, 5.41) is 11.8. The first-order chi connectivity index (χ1) is 27.9. The Morgan fingerprint density at radius 2 is 1.28 bits per heavy atom. The second-order valence-electron chi connectivity index (χ2n) is 16.6. The molecule has 278 valence electrons. The van der Waals surface area contributed by atoms with E-state index in [1.165, 1.54) is 64.4 Å². The van der Waals surface area contributed by atoms with Crippen molar-refractivity contribution in [1.29, 1.82) is 5.26 Å². The Kier molecular flexibility index (Phi) is 9.03. The van der Waals surface area contributed by atoms with Crippen molar-refractivity contribution >= 4 is 31.5 Å². The van der Waals surface area contributed by atoms with Gasteiger partial charge in [-0.2, -0.15) is 5.26 Å². The summed E-state index contributed by atoms with van der Waals surface area (Å²) in [5.74, 6) is 4.43. The van der Waals surface area contributed by atoms with E-state index in [0.29, 0.717) is 23.0 Å². The van der Waals surface area contributed by atoms with E-state index in [-0.39, 0.29) is 5.41 Å². The number of fused-ring (bicyclic) bond motifs is 5. The summed E-state index contributed by atoms with van der Waals surface area (Å²) >= 11 is 1.77. The van der Waals surface area contributed by atoms with Crippen molar-refractivity contribution in [2.75, 3.05) is 0 Å². The van der Waals surface area contributed by atoms with Crippen LogP contribution in [0.2, 0.25) is 0 Å². The maximum Gasteiger partial charge on any atom is 0.164 e. The molecule has 0 saturated heterocycles. The number of nitriles is 1. The molecule has 0 amide bonds. The zero-order valence-corrected chi connectivity index (χ0v) is 33.3. The van der Waals surface area contributed by atoms with Gasteiger partial charge in [-0.25, -0.2) is 15.0 Å². The lowest BCUT2D eigenvalue weighted by molar-refractivity contribution is 0.0702. The van der Waals surface area contributed by atoms with Crippen LogP contribution in [0, 0.1) is 29.1 Å². The summed E-state index contributed by atoms with van der Waals surface area (Å²) in [5.41, 5.74) is 9.94. The fraction of sp³-hybridized carbons (Fsp3) is 0.231. The summed E-state index contributed by atoms with van der Waals surface area (Å²) < 4.78 is 2.40. The lowest BCUT2D eigenvalue weighted by Gasteiger charge is -2.51. The smallest absolute Gasteiger partial charge is 0.164 e. The highest BCUT2D eigenvalue weighted by molar-refractivity contribution is 7.26. The van der Waals surface area contributed by atoms with Gasteiger partial charge in [0.05, 0.1) is 11.6 Å². The van der Waals surface area contributed by atoms with E-state index in [9.17, 15) is 5.26 Å². The van der Waals surface area contributed by atoms with Crippen molar-refractivity contribution in [3.63, 3.8) is 0 Å². The van der Waals surface area contributed by atoms with Crippen molar-refractivity contribution in [2.45, 2.75) is 57.8 Å². The Morgan fingerprint density at radius 3 is 2.02 bits per heavy atom. The topological polar surface area (TPSA) is 62.5 Å². The first kappa shape index (κ1) is 35.5. The van der Waals surface area contributed by atoms with Gasteiger partial charge >= 0.3 is 0 Å². The highest BCUT2D eigenvalue weighted by atomic mass is 32.1. The van der Waals surface area contributed by atoms with Gasteiger partial charge in [-0.05, 0) is 107 Å². The number of aromatic nitrogens is 3. The van der Waals surface area contributed by atoms with Crippen LogP contribution in [-0.4, -0.2) is 15.0 Å². The Labute approximate surface area is 339 Å². The zero-order valence-electron chi connectivity index (χ0n) is 32.5. The van der Waals surface area contributed by atoms with E-state index < -0.39 is 0 Å². The minimum Gasteiger partial charge on any atom is -0.208 e. The largest absolute Gasteiger partial charge is 0.208 e. The number of nitrogens with zero attached hydrogens (tertiary/aromatic N) is 4. The maximum atomic E-state index is 9.53. The third-order valence-electron chi connectivity index (χ3n) is 12.8. The van der Waals surface area contributed by atoms with Gasteiger partial charge < -0.3 is 0 Å². The van der Waals surface area contributed by atoms with Crippen LogP contribution in [0.1, 0.15) is 63.5 Å². The van der Waals surface area contributed by atoms with Crippen molar-refractivity contribution < 1.29 is 0 Å². The van der Waals surface area contributed by atoms with E-state index in [0.717, 1.165) is 56.5 Å². The Balaban J connectivity index is 1.04. The molecule has 2 aliphatic rings. The van der Waals surface area contributed by atoms with E-state index in [2.05, 4.69) is 141 Å². The molecule has 8 aromatic rings. The SMILES string of the molecule is CC[C@@H]1C[C@@H]2C[C@H](C)CC(c3ccc(-c4nc(-c5ccc(-c6cccc7c6sc6ccc(C#N)cc67)cc5)nc(-c5cccc(-c6ccccc6)c5)n4)cc3)(C1)C2. The highest BCUT2D eigenvalue weighted by Gasteiger charge is 2.45. The Bertz CT molecular complexity index is 2790. The van der Waals surface area contributed by atoms with Crippen LogP contribution in [-0.2, 0) is 5.41 Å². The lowest BCUT2D eigenvalue weighted by atomic mass is 9.54. The predicted molar refractivity (Wildman–Crippen MR) is 236 cm³/mol. The summed E-state index contributed by atoms with van der Waals surface area (Å²) in [4.78, 5) is 15.5. The van der Waals surface area contributed by atoms with Crippen LogP contribution in [0.4, 0.5) is 0 Å². The van der Waals surface area contributed by atoms with Gasteiger partial charge in [0.2, 0.25) is 0 Å². The molecular formula is C52H44N4S. The van der Waals surface area contributed by atoms with Gasteiger partial charge in [-0.1, -0.05) is 136 Å². The molecule has 1 unspecified atom stereocenters. The highest BCUT2D eigenvalue weighted by Crippen LogP contribution is 2.55. The van der Waals surface area contributed by atoms with Gasteiger partial charge in [-0.15, -0.1) is 11.3 Å². The molecule has 4 nitrogen and oxygen atoms in total. The van der Waals surface area contributed by atoms with Crippen molar-refractivity contribution in [3.8, 4) is 62.5 Å². The lowest BCUT2D eigenvalue weighted by Crippen LogP contribution is -2.42.